The quantitative estimate of drug-likeness (QED) is 0.184. The standard InChI is InChI=1S/C45H30N4/c1-3-10-31(11-4-1)32-18-20-34(21-19-32)41-29-42(48-45(47-41)35-13-5-2-6-14-35)37-16-9-15-36(28-37)40-30-49(38-24-26-46-27-25-38)43-23-22-33-12-7-8-17-39(33)44(40)43/h1-30H. The third-order valence-corrected chi connectivity index (χ3v) is 9.15. The highest BCUT2D eigenvalue weighted by atomic mass is 15.0. The lowest BCUT2D eigenvalue weighted by Gasteiger charge is -2.11. The zero-order valence-corrected chi connectivity index (χ0v) is 26.6. The zero-order chi connectivity index (χ0) is 32.6. The number of nitrogens with zero attached hydrogens (tertiary/aromatic N) is 4. The first kappa shape index (κ1) is 28.6. The fourth-order valence-corrected chi connectivity index (χ4v) is 6.71. The predicted molar refractivity (Wildman–Crippen MR) is 201 cm³/mol. The van der Waals surface area contributed by atoms with Gasteiger partial charge in [-0.05, 0) is 57.8 Å². The molecule has 0 atom stereocenters. The van der Waals surface area contributed by atoms with Gasteiger partial charge in [0.15, 0.2) is 5.82 Å². The Hall–Kier alpha value is -6.65. The molecule has 6 aromatic carbocycles. The van der Waals surface area contributed by atoms with E-state index in [4.69, 9.17) is 9.97 Å². The van der Waals surface area contributed by atoms with Gasteiger partial charge in [0, 0.05) is 51.9 Å². The third kappa shape index (κ3) is 5.35. The summed E-state index contributed by atoms with van der Waals surface area (Å²) in [7, 11) is 0. The first-order chi connectivity index (χ1) is 24.3. The summed E-state index contributed by atoms with van der Waals surface area (Å²) < 4.78 is 2.26. The molecule has 0 saturated carbocycles. The van der Waals surface area contributed by atoms with Crippen molar-refractivity contribution in [1.82, 2.24) is 19.5 Å². The molecule has 0 N–H and O–H groups in total. The average Bonchev–Trinajstić information content (AvgIpc) is 3.59. The Labute approximate surface area is 284 Å². The van der Waals surface area contributed by atoms with Crippen molar-refractivity contribution in [2.75, 3.05) is 0 Å². The first-order valence-corrected chi connectivity index (χ1v) is 16.4. The molecule has 230 valence electrons. The number of hydrogen-bond donors (Lipinski definition) is 0. The van der Waals surface area contributed by atoms with E-state index in [0.717, 1.165) is 44.8 Å². The summed E-state index contributed by atoms with van der Waals surface area (Å²) in [5.41, 5.74) is 11.7. The maximum Gasteiger partial charge on any atom is 0.160 e. The van der Waals surface area contributed by atoms with Gasteiger partial charge in [-0.1, -0.05) is 133 Å². The Morgan fingerprint density at radius 2 is 1.04 bits per heavy atom. The minimum Gasteiger partial charge on any atom is -0.316 e. The van der Waals surface area contributed by atoms with Crippen LogP contribution in [0, 0.1) is 0 Å². The van der Waals surface area contributed by atoms with Gasteiger partial charge < -0.3 is 4.57 Å². The lowest BCUT2D eigenvalue weighted by Crippen LogP contribution is -1.96. The largest absolute Gasteiger partial charge is 0.316 e. The van der Waals surface area contributed by atoms with Crippen LogP contribution in [0.5, 0.6) is 0 Å². The summed E-state index contributed by atoms with van der Waals surface area (Å²) in [6.45, 7) is 0. The van der Waals surface area contributed by atoms with Crippen molar-refractivity contribution in [1.29, 1.82) is 0 Å². The summed E-state index contributed by atoms with van der Waals surface area (Å²) in [5, 5.41) is 3.66. The molecule has 0 fully saturated rings. The highest BCUT2D eigenvalue weighted by Gasteiger charge is 2.17. The lowest BCUT2D eigenvalue weighted by molar-refractivity contribution is 1.11. The molecule has 49 heavy (non-hydrogen) atoms. The molecule has 0 aliphatic heterocycles. The second kappa shape index (κ2) is 12.2. The zero-order valence-electron chi connectivity index (χ0n) is 26.6. The third-order valence-electron chi connectivity index (χ3n) is 9.15. The molecule has 0 spiro atoms. The summed E-state index contributed by atoms with van der Waals surface area (Å²) in [4.78, 5) is 14.5. The van der Waals surface area contributed by atoms with Crippen molar-refractivity contribution in [2.24, 2.45) is 0 Å². The van der Waals surface area contributed by atoms with E-state index in [1.165, 1.54) is 32.8 Å². The maximum atomic E-state index is 5.14. The number of fused-ring (bicyclic) bond motifs is 3. The van der Waals surface area contributed by atoms with Gasteiger partial charge in [0.25, 0.3) is 0 Å². The monoisotopic (exact) mass is 626 g/mol. The number of aromatic nitrogens is 4. The molecule has 0 amide bonds. The van der Waals surface area contributed by atoms with Gasteiger partial charge in [-0.25, -0.2) is 9.97 Å². The number of rotatable bonds is 6. The van der Waals surface area contributed by atoms with E-state index in [2.05, 4.69) is 155 Å². The van der Waals surface area contributed by atoms with Gasteiger partial charge in [0.05, 0.1) is 16.9 Å². The number of benzene rings is 6. The molecule has 4 nitrogen and oxygen atoms in total. The molecule has 0 saturated heterocycles. The van der Waals surface area contributed by atoms with Crippen LogP contribution < -0.4 is 0 Å². The Kier molecular flexibility index (Phi) is 7.10. The lowest BCUT2D eigenvalue weighted by atomic mass is 9.97. The molecule has 0 unspecified atom stereocenters. The molecule has 3 heterocycles. The number of hydrogen-bond acceptors (Lipinski definition) is 3. The summed E-state index contributed by atoms with van der Waals surface area (Å²) >= 11 is 0. The van der Waals surface area contributed by atoms with Crippen LogP contribution >= 0.6 is 0 Å². The van der Waals surface area contributed by atoms with Crippen LogP contribution in [0.2, 0.25) is 0 Å². The molecule has 3 aromatic heterocycles. The normalized spacial score (nSPS) is 11.3. The van der Waals surface area contributed by atoms with E-state index in [-0.39, 0.29) is 0 Å². The second-order valence-corrected chi connectivity index (χ2v) is 12.2. The molecular formula is C45H30N4. The van der Waals surface area contributed by atoms with Crippen molar-refractivity contribution in [2.45, 2.75) is 0 Å². The van der Waals surface area contributed by atoms with E-state index >= 15 is 0 Å². The van der Waals surface area contributed by atoms with Crippen LogP contribution in [-0.2, 0) is 0 Å². The van der Waals surface area contributed by atoms with Crippen molar-refractivity contribution in [3.8, 4) is 61.8 Å². The molecule has 0 aliphatic carbocycles. The molecule has 9 rings (SSSR count). The summed E-state index contributed by atoms with van der Waals surface area (Å²) in [6.07, 6.45) is 5.93. The smallest absolute Gasteiger partial charge is 0.160 e. The second-order valence-electron chi connectivity index (χ2n) is 12.2. The van der Waals surface area contributed by atoms with Gasteiger partial charge in [-0.3, -0.25) is 4.98 Å². The fourth-order valence-electron chi connectivity index (χ4n) is 6.71. The Morgan fingerprint density at radius 1 is 0.429 bits per heavy atom. The average molecular weight is 627 g/mol. The van der Waals surface area contributed by atoms with Crippen molar-refractivity contribution >= 4 is 21.7 Å². The summed E-state index contributed by atoms with van der Waals surface area (Å²) in [6, 6.07) is 57.3. The van der Waals surface area contributed by atoms with Crippen LogP contribution in [-0.4, -0.2) is 19.5 Å². The van der Waals surface area contributed by atoms with Gasteiger partial charge in [0.2, 0.25) is 0 Å². The van der Waals surface area contributed by atoms with E-state index in [1.54, 1.807) is 0 Å². The van der Waals surface area contributed by atoms with E-state index in [1.807, 2.05) is 36.7 Å². The Balaban J connectivity index is 1.20. The molecule has 0 bridgehead atoms. The fraction of sp³-hybridized carbons (Fsp3) is 0. The first-order valence-electron chi connectivity index (χ1n) is 16.4. The Bertz CT molecular complexity index is 2570. The maximum absolute atomic E-state index is 5.14. The van der Waals surface area contributed by atoms with Crippen molar-refractivity contribution in [3.63, 3.8) is 0 Å². The number of pyridine rings is 1. The van der Waals surface area contributed by atoms with E-state index < -0.39 is 0 Å². The highest BCUT2D eigenvalue weighted by Crippen LogP contribution is 2.39. The van der Waals surface area contributed by atoms with E-state index in [9.17, 15) is 0 Å². The highest BCUT2D eigenvalue weighted by molar-refractivity contribution is 6.14. The van der Waals surface area contributed by atoms with E-state index in [0.29, 0.717) is 5.82 Å². The van der Waals surface area contributed by atoms with Gasteiger partial charge in [0.1, 0.15) is 0 Å². The van der Waals surface area contributed by atoms with Gasteiger partial charge in [-0.15, -0.1) is 0 Å². The molecule has 9 aromatic rings. The minimum atomic E-state index is 0.700. The predicted octanol–water partition coefficient (Wildman–Crippen LogP) is 11.3. The van der Waals surface area contributed by atoms with Crippen LogP contribution in [0.25, 0.3) is 83.5 Å². The Morgan fingerprint density at radius 3 is 1.82 bits per heavy atom. The molecular weight excluding hydrogens is 597 g/mol. The topological polar surface area (TPSA) is 43.6 Å². The molecule has 0 radical (unpaired) electrons. The minimum absolute atomic E-state index is 0.700. The molecule has 0 aliphatic rings. The van der Waals surface area contributed by atoms with Crippen LogP contribution in [0.1, 0.15) is 0 Å². The van der Waals surface area contributed by atoms with Crippen LogP contribution in [0.15, 0.2) is 182 Å². The summed E-state index contributed by atoms with van der Waals surface area (Å²) in [5.74, 6) is 0.700. The SMILES string of the molecule is c1ccc(-c2ccc(-c3cc(-c4cccc(-c5cn(-c6ccncc6)c6ccc7ccccc7c56)c4)nc(-c4ccccc4)n3)cc2)cc1. The van der Waals surface area contributed by atoms with Crippen LogP contribution in [0.4, 0.5) is 0 Å². The van der Waals surface area contributed by atoms with Gasteiger partial charge >= 0.3 is 0 Å². The van der Waals surface area contributed by atoms with Gasteiger partial charge in [-0.2, -0.15) is 0 Å². The van der Waals surface area contributed by atoms with Crippen molar-refractivity contribution in [3.05, 3.63) is 182 Å². The van der Waals surface area contributed by atoms with Crippen LogP contribution in [0.3, 0.4) is 0 Å². The van der Waals surface area contributed by atoms with Crippen molar-refractivity contribution < 1.29 is 0 Å². The molecule has 4 heteroatoms.